The maximum absolute atomic E-state index is 14.4. The van der Waals surface area contributed by atoms with Crippen molar-refractivity contribution in [3.8, 4) is 5.75 Å². The van der Waals surface area contributed by atoms with Gasteiger partial charge < -0.3 is 9.64 Å². The molecule has 2 heterocycles. The summed E-state index contributed by atoms with van der Waals surface area (Å²) in [5.74, 6) is -1.45. The van der Waals surface area contributed by atoms with Crippen molar-refractivity contribution in [3.63, 3.8) is 0 Å². The Morgan fingerprint density at radius 2 is 1.67 bits per heavy atom. The van der Waals surface area contributed by atoms with Gasteiger partial charge in [-0.2, -0.15) is 0 Å². The Bertz CT molecular complexity index is 1440. The topological polar surface area (TPSA) is 63.7 Å². The zero-order valence-electron chi connectivity index (χ0n) is 19.9. The molecule has 3 aromatic rings. The molecule has 5 nitrogen and oxygen atoms in total. The molecular formula is C30H24FNO4. The molecule has 180 valence electrons. The number of ether oxygens (including phenoxy) is 1. The average molecular weight is 482 g/mol. The Morgan fingerprint density at radius 3 is 2.33 bits per heavy atom. The molecule has 0 radical (unpaired) electrons. The number of Topliss-reactive ketones (excluding diaryl/α,β-unsaturated/α-hetero) is 3. The first-order valence-electron chi connectivity index (χ1n) is 12.1. The van der Waals surface area contributed by atoms with E-state index in [4.69, 9.17) is 4.74 Å². The van der Waals surface area contributed by atoms with E-state index in [0.717, 1.165) is 0 Å². The number of para-hydroxylation sites is 1. The van der Waals surface area contributed by atoms with Crippen LogP contribution in [0.5, 0.6) is 5.75 Å². The largest absolute Gasteiger partial charge is 0.494 e. The molecule has 2 aliphatic heterocycles. The highest BCUT2D eigenvalue weighted by atomic mass is 19.1. The highest BCUT2D eigenvalue weighted by Gasteiger charge is 2.71. The predicted molar refractivity (Wildman–Crippen MR) is 134 cm³/mol. The Morgan fingerprint density at radius 1 is 1.00 bits per heavy atom. The highest BCUT2D eigenvalue weighted by molar-refractivity contribution is 6.32. The molecular weight excluding hydrogens is 457 g/mol. The van der Waals surface area contributed by atoms with Crippen LogP contribution in [0.2, 0.25) is 0 Å². The standard InChI is InChI=1S/C30H24FNO4/c1-3-36-24-11-7-6-10-22(24)26-27(17(2)33)32-23-14-13-19(31)16-18(23)12-15-25(32)30(26)28(34)20-8-4-5-9-21(20)29(30)35/h4-16,25-27H,3H2,1-2H3/t25-,26+,27-/m1/s1. The summed E-state index contributed by atoms with van der Waals surface area (Å²) in [5.41, 5.74) is 1.02. The lowest BCUT2D eigenvalue weighted by Crippen LogP contribution is -2.48. The van der Waals surface area contributed by atoms with Gasteiger partial charge >= 0.3 is 0 Å². The van der Waals surface area contributed by atoms with Crippen molar-refractivity contribution in [3.05, 3.63) is 101 Å². The van der Waals surface area contributed by atoms with E-state index in [9.17, 15) is 18.8 Å². The van der Waals surface area contributed by atoms with Gasteiger partial charge in [0.05, 0.1) is 18.7 Å². The number of carbonyl (C=O) groups excluding carboxylic acids is 3. The van der Waals surface area contributed by atoms with Gasteiger partial charge in [-0.15, -0.1) is 0 Å². The number of anilines is 1. The van der Waals surface area contributed by atoms with Crippen LogP contribution in [0.4, 0.5) is 10.1 Å². The van der Waals surface area contributed by atoms with Crippen molar-refractivity contribution in [1.82, 2.24) is 0 Å². The first kappa shape index (κ1) is 22.4. The van der Waals surface area contributed by atoms with E-state index in [1.807, 2.05) is 30.0 Å². The third-order valence-corrected chi connectivity index (χ3v) is 7.74. The zero-order valence-corrected chi connectivity index (χ0v) is 19.9. The van der Waals surface area contributed by atoms with Crippen molar-refractivity contribution in [2.45, 2.75) is 31.8 Å². The van der Waals surface area contributed by atoms with Gasteiger partial charge in [-0.3, -0.25) is 14.4 Å². The van der Waals surface area contributed by atoms with Crippen LogP contribution in [0.3, 0.4) is 0 Å². The molecule has 6 rings (SSSR count). The molecule has 3 atom stereocenters. The second-order valence-corrected chi connectivity index (χ2v) is 9.49. The average Bonchev–Trinajstić information content (AvgIpc) is 3.31. The molecule has 6 heteroatoms. The van der Waals surface area contributed by atoms with Gasteiger partial charge in [-0.05, 0) is 38.1 Å². The molecule has 0 bridgehead atoms. The number of ketones is 3. The summed E-state index contributed by atoms with van der Waals surface area (Å²) < 4.78 is 20.1. The van der Waals surface area contributed by atoms with E-state index in [-0.39, 0.29) is 17.3 Å². The van der Waals surface area contributed by atoms with E-state index in [0.29, 0.717) is 40.3 Å². The fourth-order valence-corrected chi connectivity index (χ4v) is 6.47. The minimum absolute atomic E-state index is 0.185. The summed E-state index contributed by atoms with van der Waals surface area (Å²) in [7, 11) is 0. The number of hydrogen-bond donors (Lipinski definition) is 0. The number of carbonyl (C=O) groups is 3. The Kier molecular flexibility index (Phi) is 4.97. The first-order chi connectivity index (χ1) is 17.4. The Balaban J connectivity index is 1.69. The SMILES string of the molecule is CCOc1ccccc1[C@H]1[C@@H](C(C)=O)N2c3ccc(F)cc3C=C[C@@H]2C12C(=O)c1ccccc1C2=O. The van der Waals surface area contributed by atoms with Crippen LogP contribution in [0.15, 0.2) is 72.8 Å². The van der Waals surface area contributed by atoms with Crippen LogP contribution in [0.1, 0.15) is 51.6 Å². The van der Waals surface area contributed by atoms with Crippen LogP contribution in [0.25, 0.3) is 6.08 Å². The molecule has 1 saturated heterocycles. The van der Waals surface area contributed by atoms with Gasteiger partial charge in [-0.25, -0.2) is 4.39 Å². The lowest BCUT2D eigenvalue weighted by molar-refractivity contribution is -0.118. The zero-order chi connectivity index (χ0) is 25.2. The highest BCUT2D eigenvalue weighted by Crippen LogP contribution is 2.61. The maximum atomic E-state index is 14.4. The third kappa shape index (κ3) is 2.78. The van der Waals surface area contributed by atoms with Gasteiger partial charge in [-0.1, -0.05) is 54.6 Å². The summed E-state index contributed by atoms with van der Waals surface area (Å²) >= 11 is 0. The van der Waals surface area contributed by atoms with Crippen LogP contribution in [0, 0.1) is 11.2 Å². The Hall–Kier alpha value is -4.06. The van der Waals surface area contributed by atoms with Crippen molar-refractivity contribution < 1.29 is 23.5 Å². The molecule has 1 fully saturated rings. The molecule has 1 aliphatic carbocycles. The number of rotatable bonds is 4. The van der Waals surface area contributed by atoms with Gasteiger partial charge in [0.1, 0.15) is 17.0 Å². The molecule has 3 aromatic carbocycles. The molecule has 0 unspecified atom stereocenters. The minimum Gasteiger partial charge on any atom is -0.494 e. The second-order valence-electron chi connectivity index (χ2n) is 9.49. The molecule has 1 spiro atoms. The molecule has 3 aliphatic rings. The molecule has 36 heavy (non-hydrogen) atoms. The van der Waals surface area contributed by atoms with Gasteiger partial charge in [0, 0.05) is 33.9 Å². The monoisotopic (exact) mass is 481 g/mol. The number of nitrogens with zero attached hydrogens (tertiary/aromatic N) is 1. The summed E-state index contributed by atoms with van der Waals surface area (Å²) in [5, 5.41) is 0. The van der Waals surface area contributed by atoms with Crippen LogP contribution in [-0.2, 0) is 4.79 Å². The molecule has 0 amide bonds. The number of benzene rings is 3. The van der Waals surface area contributed by atoms with Crippen molar-refractivity contribution in [1.29, 1.82) is 0 Å². The quantitative estimate of drug-likeness (QED) is 0.477. The van der Waals surface area contributed by atoms with Gasteiger partial charge in [0.2, 0.25) is 0 Å². The molecule has 0 saturated carbocycles. The third-order valence-electron chi connectivity index (χ3n) is 7.74. The Labute approximate surface area is 208 Å². The van der Waals surface area contributed by atoms with Crippen LogP contribution in [-0.4, -0.2) is 36.0 Å². The maximum Gasteiger partial charge on any atom is 0.180 e. The summed E-state index contributed by atoms with van der Waals surface area (Å²) in [6.07, 6.45) is 3.53. The fraction of sp³-hybridized carbons (Fsp3) is 0.233. The van der Waals surface area contributed by atoms with Crippen molar-refractivity contribution in [2.75, 3.05) is 11.5 Å². The second kappa shape index (κ2) is 7.98. The fourth-order valence-electron chi connectivity index (χ4n) is 6.47. The van der Waals surface area contributed by atoms with Crippen molar-refractivity contribution >= 4 is 29.1 Å². The first-order valence-corrected chi connectivity index (χ1v) is 12.1. The van der Waals surface area contributed by atoms with E-state index >= 15 is 0 Å². The van der Waals surface area contributed by atoms with Gasteiger partial charge in [0.25, 0.3) is 0 Å². The summed E-state index contributed by atoms with van der Waals surface area (Å²) in [4.78, 5) is 44.1. The number of halogens is 1. The van der Waals surface area contributed by atoms with E-state index in [2.05, 4.69) is 0 Å². The molecule has 0 aromatic heterocycles. The lowest BCUT2D eigenvalue weighted by atomic mass is 9.64. The minimum atomic E-state index is -1.57. The van der Waals surface area contributed by atoms with Gasteiger partial charge in [0.15, 0.2) is 17.3 Å². The smallest absolute Gasteiger partial charge is 0.180 e. The molecule has 0 N–H and O–H groups in total. The van der Waals surface area contributed by atoms with E-state index < -0.39 is 29.2 Å². The number of hydrogen-bond acceptors (Lipinski definition) is 5. The van der Waals surface area contributed by atoms with Crippen molar-refractivity contribution in [2.24, 2.45) is 5.41 Å². The predicted octanol–water partition coefficient (Wildman–Crippen LogP) is 5.25. The van der Waals surface area contributed by atoms with E-state index in [1.165, 1.54) is 19.1 Å². The summed E-state index contributed by atoms with van der Waals surface area (Å²) in [6, 6.07) is 17.0. The van der Waals surface area contributed by atoms with E-state index in [1.54, 1.807) is 48.6 Å². The number of fused-ring (bicyclic) bond motifs is 5. The summed E-state index contributed by atoms with van der Waals surface area (Å²) in [6.45, 7) is 3.73. The van der Waals surface area contributed by atoms with Crippen LogP contribution >= 0.6 is 0 Å². The van der Waals surface area contributed by atoms with Crippen LogP contribution < -0.4 is 9.64 Å². The normalized spacial score (nSPS) is 23.0. The lowest BCUT2D eigenvalue weighted by Gasteiger charge is -2.37.